The van der Waals surface area contributed by atoms with E-state index in [-0.39, 0.29) is 0 Å². The lowest BCUT2D eigenvalue weighted by atomic mass is 10.5. The van der Waals surface area contributed by atoms with Crippen molar-refractivity contribution < 1.29 is 17.7 Å². The maximum absolute atomic E-state index is 9.70. The third kappa shape index (κ3) is 3.91. The van der Waals surface area contributed by atoms with Crippen LogP contribution in [0.3, 0.4) is 0 Å². The highest BCUT2D eigenvalue weighted by Crippen LogP contribution is 1.86. The molecule has 0 saturated heterocycles. The molecule has 0 rings (SSSR count). The van der Waals surface area contributed by atoms with Gasteiger partial charge in [0.25, 0.3) is 0 Å². The Morgan fingerprint density at radius 1 is 1.88 bits per heavy atom. The SMILES string of the molecule is CC(C=O)OS(=O)O. The zero-order valence-corrected chi connectivity index (χ0v) is 5.05. The van der Waals surface area contributed by atoms with Crippen LogP contribution >= 0.6 is 0 Å². The fraction of sp³-hybridized carbons (Fsp3) is 0.667. The molecule has 5 heteroatoms. The number of carbonyl (C=O) groups excluding carboxylic acids is 1. The largest absolute Gasteiger partial charge is 0.302 e. The Bertz CT molecular complexity index is 101. The van der Waals surface area contributed by atoms with Crippen LogP contribution in [-0.2, 0) is 20.3 Å². The monoisotopic (exact) mass is 138 g/mol. The molecule has 0 saturated carbocycles. The van der Waals surface area contributed by atoms with Crippen LogP contribution in [0.5, 0.6) is 0 Å². The van der Waals surface area contributed by atoms with E-state index in [0.717, 1.165) is 0 Å². The quantitative estimate of drug-likeness (QED) is 0.430. The Morgan fingerprint density at radius 2 is 2.38 bits per heavy atom. The predicted octanol–water partition coefficient (Wildman–Crippen LogP) is -0.273. The first-order valence-electron chi connectivity index (χ1n) is 1.90. The highest BCUT2D eigenvalue weighted by molar-refractivity contribution is 7.74. The lowest BCUT2D eigenvalue weighted by Crippen LogP contribution is -2.10. The number of carbonyl (C=O) groups is 1. The topological polar surface area (TPSA) is 63.6 Å². The molecule has 0 amide bonds. The first-order chi connectivity index (χ1) is 3.66. The Hall–Kier alpha value is -0.260. The summed E-state index contributed by atoms with van der Waals surface area (Å²) in [5.41, 5.74) is 0. The first kappa shape index (κ1) is 7.74. The summed E-state index contributed by atoms with van der Waals surface area (Å²) in [6.45, 7) is 1.38. The summed E-state index contributed by atoms with van der Waals surface area (Å²) in [6.07, 6.45) is -0.366. The molecule has 48 valence electrons. The molecule has 0 aliphatic rings. The van der Waals surface area contributed by atoms with E-state index >= 15 is 0 Å². The minimum Gasteiger partial charge on any atom is -0.300 e. The number of hydrogen-bond donors (Lipinski definition) is 1. The van der Waals surface area contributed by atoms with Gasteiger partial charge in [0.2, 0.25) is 0 Å². The lowest BCUT2D eigenvalue weighted by molar-refractivity contribution is -0.112. The van der Waals surface area contributed by atoms with Gasteiger partial charge in [-0.3, -0.25) is 8.74 Å². The summed E-state index contributed by atoms with van der Waals surface area (Å²) < 4.78 is 21.7. The molecule has 0 heterocycles. The zero-order chi connectivity index (χ0) is 6.57. The molecule has 0 bridgehead atoms. The summed E-state index contributed by atoms with van der Waals surface area (Å²) in [4.78, 5) is 9.67. The van der Waals surface area contributed by atoms with Crippen molar-refractivity contribution in [2.45, 2.75) is 13.0 Å². The minimum atomic E-state index is -2.33. The van der Waals surface area contributed by atoms with Crippen molar-refractivity contribution in [3.05, 3.63) is 0 Å². The van der Waals surface area contributed by atoms with Crippen molar-refractivity contribution in [3.63, 3.8) is 0 Å². The first-order valence-corrected chi connectivity index (χ1v) is 2.93. The van der Waals surface area contributed by atoms with Crippen LogP contribution in [0.2, 0.25) is 0 Å². The Kier molecular flexibility index (Phi) is 3.59. The smallest absolute Gasteiger partial charge is 0.300 e. The molecule has 0 aromatic carbocycles. The summed E-state index contributed by atoms with van der Waals surface area (Å²) in [7, 11) is 0. The van der Waals surface area contributed by atoms with Gasteiger partial charge in [-0.05, 0) is 6.92 Å². The number of rotatable bonds is 3. The fourth-order valence-corrected chi connectivity index (χ4v) is 0.458. The molecule has 0 spiro atoms. The molecular formula is C3H6O4S. The van der Waals surface area contributed by atoms with Gasteiger partial charge in [-0.15, -0.1) is 0 Å². The lowest BCUT2D eigenvalue weighted by Gasteiger charge is -1.96. The van der Waals surface area contributed by atoms with Gasteiger partial charge in [-0.1, -0.05) is 0 Å². The van der Waals surface area contributed by atoms with Gasteiger partial charge in [0.1, 0.15) is 12.4 Å². The van der Waals surface area contributed by atoms with Crippen molar-refractivity contribution in [2.24, 2.45) is 0 Å². The van der Waals surface area contributed by atoms with E-state index in [1.54, 1.807) is 0 Å². The van der Waals surface area contributed by atoms with E-state index in [2.05, 4.69) is 4.18 Å². The van der Waals surface area contributed by atoms with Gasteiger partial charge in [-0.25, -0.2) is 0 Å². The van der Waals surface area contributed by atoms with E-state index in [1.807, 2.05) is 0 Å². The number of hydrogen-bond acceptors (Lipinski definition) is 3. The third-order valence-corrected chi connectivity index (χ3v) is 0.894. The molecule has 2 atom stereocenters. The van der Waals surface area contributed by atoms with Gasteiger partial charge in [0, 0.05) is 0 Å². The maximum Gasteiger partial charge on any atom is 0.302 e. The van der Waals surface area contributed by atoms with Crippen molar-refractivity contribution in [2.75, 3.05) is 0 Å². The third-order valence-electron chi connectivity index (χ3n) is 0.426. The van der Waals surface area contributed by atoms with E-state index < -0.39 is 17.5 Å². The molecule has 0 aromatic heterocycles. The van der Waals surface area contributed by atoms with Crippen LogP contribution in [0.25, 0.3) is 0 Å². The number of aldehydes is 1. The molecule has 0 radical (unpaired) electrons. The van der Waals surface area contributed by atoms with Crippen molar-refractivity contribution in [3.8, 4) is 0 Å². The second-order valence-electron chi connectivity index (χ2n) is 1.15. The molecule has 0 aliphatic heterocycles. The van der Waals surface area contributed by atoms with Gasteiger partial charge in [0.15, 0.2) is 0 Å². The van der Waals surface area contributed by atoms with E-state index in [0.29, 0.717) is 6.29 Å². The Balaban J connectivity index is 3.38. The fourth-order valence-electron chi connectivity index (χ4n) is 0.153. The minimum absolute atomic E-state index is 0.439. The second-order valence-corrected chi connectivity index (χ2v) is 1.78. The standard InChI is InChI=1S/C3H6O4S/c1-3(2-4)7-8(5)6/h2-3H,1H3,(H,5,6). The van der Waals surface area contributed by atoms with Crippen LogP contribution < -0.4 is 0 Å². The van der Waals surface area contributed by atoms with Gasteiger partial charge in [0.05, 0.1) is 0 Å². The van der Waals surface area contributed by atoms with Gasteiger partial charge >= 0.3 is 11.4 Å². The second kappa shape index (κ2) is 3.71. The molecule has 4 nitrogen and oxygen atoms in total. The predicted molar refractivity (Wildman–Crippen MR) is 27.4 cm³/mol. The maximum atomic E-state index is 9.70. The summed E-state index contributed by atoms with van der Waals surface area (Å²) in [6, 6.07) is 0. The highest BCUT2D eigenvalue weighted by atomic mass is 32.2. The Labute approximate surface area is 49.3 Å². The summed E-state index contributed by atoms with van der Waals surface area (Å²) in [5.74, 6) is 0. The highest BCUT2D eigenvalue weighted by Gasteiger charge is 2.01. The van der Waals surface area contributed by atoms with Crippen LogP contribution in [0, 0.1) is 0 Å². The summed E-state index contributed by atoms with van der Waals surface area (Å²) in [5, 5.41) is 0. The van der Waals surface area contributed by atoms with Crippen molar-refractivity contribution in [1.29, 1.82) is 0 Å². The molecule has 8 heavy (non-hydrogen) atoms. The summed E-state index contributed by atoms with van der Waals surface area (Å²) >= 11 is -2.33. The molecular weight excluding hydrogens is 132 g/mol. The average molecular weight is 138 g/mol. The molecule has 0 aliphatic carbocycles. The van der Waals surface area contributed by atoms with Crippen molar-refractivity contribution in [1.82, 2.24) is 0 Å². The molecule has 2 unspecified atom stereocenters. The van der Waals surface area contributed by atoms with Gasteiger partial charge < -0.3 is 4.79 Å². The zero-order valence-electron chi connectivity index (χ0n) is 4.23. The van der Waals surface area contributed by atoms with Crippen molar-refractivity contribution >= 4 is 17.6 Å². The van der Waals surface area contributed by atoms with E-state index in [9.17, 15) is 9.00 Å². The van der Waals surface area contributed by atoms with Gasteiger partial charge in [-0.2, -0.15) is 4.21 Å². The molecule has 0 fully saturated rings. The average Bonchev–Trinajstić information content (AvgIpc) is 1.65. The Morgan fingerprint density at radius 3 is 2.50 bits per heavy atom. The normalized spacial score (nSPS) is 17.2. The van der Waals surface area contributed by atoms with Crippen LogP contribution in [0.4, 0.5) is 0 Å². The van der Waals surface area contributed by atoms with E-state index in [1.165, 1.54) is 6.92 Å². The van der Waals surface area contributed by atoms with E-state index in [4.69, 9.17) is 4.55 Å². The van der Waals surface area contributed by atoms with Crippen LogP contribution in [0.1, 0.15) is 6.92 Å². The molecule has 0 aromatic rings. The van der Waals surface area contributed by atoms with Crippen LogP contribution in [0.15, 0.2) is 0 Å². The molecule has 1 N–H and O–H groups in total. The van der Waals surface area contributed by atoms with Crippen LogP contribution in [-0.4, -0.2) is 21.2 Å².